The van der Waals surface area contributed by atoms with Crippen molar-refractivity contribution >= 4 is 11.9 Å². The van der Waals surface area contributed by atoms with Gasteiger partial charge in [0.1, 0.15) is 0 Å². The molecule has 0 spiro atoms. The number of nitrogens with zero attached hydrogens (tertiary/aromatic N) is 5. The molecule has 10 heteroatoms. The molecule has 0 unspecified atom stereocenters. The van der Waals surface area contributed by atoms with Crippen LogP contribution in [0.15, 0.2) is 30.5 Å². The van der Waals surface area contributed by atoms with E-state index in [1.165, 1.54) is 0 Å². The standard InChI is InChI=1S/C24H35N5O5/c1-17-12-28(18(2)15-30)23(31)9-6-10-29-20(11-25-26-29)16-34-22(17)14-27(3)13-19-7-4-5-8-21(19)24(32)33/h4-5,7-8,11,17-18,22,30H,6,9-10,12-16H2,1-3H3,(H,32,33)/t17-,18-,22-/m0/s1. The summed E-state index contributed by atoms with van der Waals surface area (Å²) in [5.41, 5.74) is 1.86. The van der Waals surface area contributed by atoms with Gasteiger partial charge in [-0.2, -0.15) is 0 Å². The van der Waals surface area contributed by atoms with Gasteiger partial charge < -0.3 is 19.8 Å². The number of fused-ring (bicyclic) bond motifs is 1. The number of rotatable bonds is 7. The van der Waals surface area contributed by atoms with Gasteiger partial charge in [0, 0.05) is 38.5 Å². The van der Waals surface area contributed by atoms with E-state index >= 15 is 0 Å². The lowest BCUT2D eigenvalue weighted by Gasteiger charge is -2.35. The second kappa shape index (κ2) is 12.0. The molecule has 0 aliphatic carbocycles. The van der Waals surface area contributed by atoms with Gasteiger partial charge in [-0.05, 0) is 32.0 Å². The fourth-order valence-corrected chi connectivity index (χ4v) is 4.28. The lowest BCUT2D eigenvalue weighted by molar-refractivity contribution is -0.136. The zero-order valence-electron chi connectivity index (χ0n) is 20.1. The first kappa shape index (κ1) is 25.8. The average Bonchev–Trinajstić information content (AvgIpc) is 3.26. The molecule has 0 saturated carbocycles. The van der Waals surface area contributed by atoms with Gasteiger partial charge in [-0.25, -0.2) is 9.48 Å². The predicted molar refractivity (Wildman–Crippen MR) is 125 cm³/mol. The van der Waals surface area contributed by atoms with Crippen molar-refractivity contribution in [1.82, 2.24) is 24.8 Å². The molecule has 1 aromatic carbocycles. The van der Waals surface area contributed by atoms with Gasteiger partial charge in [0.2, 0.25) is 5.91 Å². The molecule has 0 bridgehead atoms. The van der Waals surface area contributed by atoms with Crippen LogP contribution in [-0.2, 0) is 29.2 Å². The Hall–Kier alpha value is -2.82. The number of amides is 1. The highest BCUT2D eigenvalue weighted by Crippen LogP contribution is 2.19. The van der Waals surface area contributed by atoms with Gasteiger partial charge in [-0.15, -0.1) is 5.10 Å². The maximum atomic E-state index is 13.0. The Balaban J connectivity index is 1.80. The molecule has 3 rings (SSSR count). The SMILES string of the molecule is C[C@H]1CN([C@@H](C)CO)C(=O)CCCn2nncc2CO[C@H]1CN(C)Cc1ccccc1C(=O)O. The molecule has 0 radical (unpaired) electrons. The topological polar surface area (TPSA) is 121 Å². The second-order valence-corrected chi connectivity index (χ2v) is 9.12. The van der Waals surface area contributed by atoms with Crippen molar-refractivity contribution in [2.45, 2.75) is 58.5 Å². The lowest BCUT2D eigenvalue weighted by Crippen LogP contribution is -2.47. The van der Waals surface area contributed by atoms with E-state index in [1.807, 2.05) is 37.9 Å². The number of carbonyl (C=O) groups is 2. The third-order valence-electron chi connectivity index (χ3n) is 6.32. The van der Waals surface area contributed by atoms with Crippen molar-refractivity contribution in [3.63, 3.8) is 0 Å². The summed E-state index contributed by atoms with van der Waals surface area (Å²) >= 11 is 0. The smallest absolute Gasteiger partial charge is 0.336 e. The molecule has 34 heavy (non-hydrogen) atoms. The molecular weight excluding hydrogens is 438 g/mol. The van der Waals surface area contributed by atoms with Crippen molar-refractivity contribution < 1.29 is 24.5 Å². The fourth-order valence-electron chi connectivity index (χ4n) is 4.28. The highest BCUT2D eigenvalue weighted by atomic mass is 16.5. The van der Waals surface area contributed by atoms with Gasteiger partial charge >= 0.3 is 5.97 Å². The number of likely N-dealkylation sites (N-methyl/N-ethyl adjacent to an activating group) is 1. The quantitative estimate of drug-likeness (QED) is 0.623. The molecule has 2 aromatic rings. The lowest BCUT2D eigenvalue weighted by atomic mass is 10.0. The van der Waals surface area contributed by atoms with Gasteiger partial charge in [0.05, 0.1) is 42.8 Å². The van der Waals surface area contributed by atoms with E-state index in [1.54, 1.807) is 27.9 Å². The van der Waals surface area contributed by atoms with Gasteiger partial charge in [0.15, 0.2) is 0 Å². The van der Waals surface area contributed by atoms with Gasteiger partial charge in [-0.3, -0.25) is 9.69 Å². The van der Waals surface area contributed by atoms with Crippen LogP contribution in [0.25, 0.3) is 0 Å². The minimum atomic E-state index is -0.951. The van der Waals surface area contributed by atoms with Crippen molar-refractivity contribution in [1.29, 1.82) is 0 Å². The summed E-state index contributed by atoms with van der Waals surface area (Å²) in [5.74, 6) is -0.982. The predicted octanol–water partition coefficient (Wildman–Crippen LogP) is 1.63. The van der Waals surface area contributed by atoms with Crippen LogP contribution in [0.5, 0.6) is 0 Å². The molecule has 1 amide bonds. The van der Waals surface area contributed by atoms with Gasteiger partial charge in [0.25, 0.3) is 0 Å². The minimum absolute atomic E-state index is 0.00173. The van der Waals surface area contributed by atoms with E-state index in [-0.39, 0.29) is 36.1 Å². The Morgan fingerprint density at radius 1 is 1.35 bits per heavy atom. The third kappa shape index (κ3) is 6.62. The van der Waals surface area contributed by atoms with Crippen molar-refractivity contribution in [3.8, 4) is 0 Å². The van der Waals surface area contributed by atoms with E-state index in [9.17, 15) is 19.8 Å². The van der Waals surface area contributed by atoms with Crippen LogP contribution in [0, 0.1) is 5.92 Å². The number of carboxylic acid groups (broad SMARTS) is 1. The van der Waals surface area contributed by atoms with E-state index in [4.69, 9.17) is 4.74 Å². The number of hydrogen-bond donors (Lipinski definition) is 2. The Morgan fingerprint density at radius 2 is 2.12 bits per heavy atom. The molecular formula is C24H35N5O5. The van der Waals surface area contributed by atoms with Crippen LogP contribution in [0.3, 0.4) is 0 Å². The molecule has 0 saturated heterocycles. The third-order valence-corrected chi connectivity index (χ3v) is 6.32. The van der Waals surface area contributed by atoms with Crippen molar-refractivity contribution in [2.24, 2.45) is 5.92 Å². The second-order valence-electron chi connectivity index (χ2n) is 9.12. The summed E-state index contributed by atoms with van der Waals surface area (Å²) in [7, 11) is 1.93. The molecule has 186 valence electrons. The van der Waals surface area contributed by atoms with Crippen LogP contribution < -0.4 is 0 Å². The summed E-state index contributed by atoms with van der Waals surface area (Å²) in [6, 6.07) is 6.68. The summed E-state index contributed by atoms with van der Waals surface area (Å²) in [6.45, 7) is 6.12. The Kier molecular flexibility index (Phi) is 9.14. The summed E-state index contributed by atoms with van der Waals surface area (Å²) in [6.07, 6.45) is 2.44. The fraction of sp³-hybridized carbons (Fsp3) is 0.583. The summed E-state index contributed by atoms with van der Waals surface area (Å²) in [5, 5.41) is 27.3. The van der Waals surface area contributed by atoms with Crippen LogP contribution in [0.2, 0.25) is 0 Å². The van der Waals surface area contributed by atoms with Crippen LogP contribution in [-0.4, -0.2) is 85.8 Å². The normalized spacial score (nSPS) is 21.0. The molecule has 1 aliphatic rings. The number of aliphatic hydroxyl groups is 1. The number of aromatic carboxylic acids is 1. The molecule has 2 heterocycles. The van der Waals surface area contributed by atoms with E-state index < -0.39 is 5.97 Å². The Bertz CT molecular complexity index is 965. The highest BCUT2D eigenvalue weighted by Gasteiger charge is 2.28. The van der Waals surface area contributed by atoms with Gasteiger partial charge in [-0.1, -0.05) is 30.3 Å². The summed E-state index contributed by atoms with van der Waals surface area (Å²) < 4.78 is 8.10. The molecule has 2 N–H and O–H groups in total. The first-order valence-corrected chi connectivity index (χ1v) is 11.7. The number of ether oxygens (including phenoxy) is 1. The van der Waals surface area contributed by atoms with Crippen LogP contribution >= 0.6 is 0 Å². The zero-order valence-corrected chi connectivity index (χ0v) is 20.1. The van der Waals surface area contributed by atoms with Crippen molar-refractivity contribution in [2.75, 3.05) is 26.7 Å². The highest BCUT2D eigenvalue weighted by molar-refractivity contribution is 5.89. The van der Waals surface area contributed by atoms with Crippen molar-refractivity contribution in [3.05, 3.63) is 47.3 Å². The zero-order chi connectivity index (χ0) is 24.7. The maximum Gasteiger partial charge on any atom is 0.336 e. The first-order valence-electron chi connectivity index (χ1n) is 11.7. The number of benzene rings is 1. The Morgan fingerprint density at radius 3 is 2.85 bits per heavy atom. The number of aliphatic hydroxyl groups excluding tert-OH is 1. The minimum Gasteiger partial charge on any atom is -0.478 e. The Labute approximate surface area is 200 Å². The van der Waals surface area contributed by atoms with E-state index in [0.29, 0.717) is 45.6 Å². The molecule has 10 nitrogen and oxygen atoms in total. The van der Waals surface area contributed by atoms with E-state index in [0.717, 1.165) is 11.3 Å². The molecule has 1 aromatic heterocycles. The maximum absolute atomic E-state index is 13.0. The van der Waals surface area contributed by atoms with E-state index in [2.05, 4.69) is 10.3 Å². The monoisotopic (exact) mass is 473 g/mol. The number of aromatic nitrogens is 3. The largest absolute Gasteiger partial charge is 0.478 e. The number of carbonyl (C=O) groups excluding carboxylic acids is 1. The molecule has 3 atom stereocenters. The van der Waals surface area contributed by atoms with Crippen LogP contribution in [0.1, 0.15) is 48.3 Å². The average molecular weight is 474 g/mol. The molecule has 0 fully saturated rings. The first-order chi connectivity index (χ1) is 16.3. The summed E-state index contributed by atoms with van der Waals surface area (Å²) in [4.78, 5) is 28.3. The number of hydrogen-bond acceptors (Lipinski definition) is 7. The number of aryl methyl sites for hydroxylation is 1. The molecule has 1 aliphatic heterocycles. The van der Waals surface area contributed by atoms with Crippen LogP contribution in [0.4, 0.5) is 0 Å². The number of carboxylic acids is 1.